The summed E-state index contributed by atoms with van der Waals surface area (Å²) in [5.74, 6) is -0.0341. The molecule has 0 saturated carbocycles. The maximum Gasteiger partial charge on any atom is 0.244 e. The van der Waals surface area contributed by atoms with E-state index in [0.717, 1.165) is 12.0 Å². The van der Waals surface area contributed by atoms with Gasteiger partial charge in [-0.1, -0.05) is 37.3 Å². The van der Waals surface area contributed by atoms with Crippen molar-refractivity contribution in [1.82, 2.24) is 5.32 Å². The number of nitrogens with one attached hydrogen (secondary N) is 1. The van der Waals surface area contributed by atoms with Gasteiger partial charge in [0.15, 0.2) is 0 Å². The second-order valence-electron chi connectivity index (χ2n) is 3.56. The summed E-state index contributed by atoms with van der Waals surface area (Å²) >= 11 is 0. The molecule has 0 spiro atoms. The summed E-state index contributed by atoms with van der Waals surface area (Å²) in [4.78, 5) is 11.4. The molecule has 0 aliphatic carbocycles. The highest BCUT2D eigenvalue weighted by Crippen LogP contribution is 2.00. The van der Waals surface area contributed by atoms with Crippen molar-refractivity contribution in [2.45, 2.75) is 26.3 Å². The van der Waals surface area contributed by atoms with Crippen LogP contribution < -0.4 is 5.32 Å². The molecule has 2 nitrogen and oxygen atoms in total. The minimum absolute atomic E-state index is 0.0341. The molecule has 0 unspecified atom stereocenters. The fourth-order valence-corrected chi connectivity index (χ4v) is 1.13. The summed E-state index contributed by atoms with van der Waals surface area (Å²) in [7, 11) is 0. The molecule has 1 aromatic carbocycles. The molecule has 0 bridgehead atoms. The van der Waals surface area contributed by atoms with E-state index < -0.39 is 0 Å². The van der Waals surface area contributed by atoms with Crippen molar-refractivity contribution in [3.05, 3.63) is 42.0 Å². The molecule has 0 heterocycles. The first-order valence-corrected chi connectivity index (χ1v) is 5.26. The van der Waals surface area contributed by atoms with Gasteiger partial charge in [0.05, 0.1) is 0 Å². The van der Waals surface area contributed by atoms with Crippen molar-refractivity contribution < 1.29 is 4.79 Å². The van der Waals surface area contributed by atoms with Gasteiger partial charge in [-0.3, -0.25) is 4.79 Å². The lowest BCUT2D eigenvalue weighted by Crippen LogP contribution is -2.30. The second-order valence-corrected chi connectivity index (χ2v) is 3.56. The summed E-state index contributed by atoms with van der Waals surface area (Å²) in [6.45, 7) is 4.04. The van der Waals surface area contributed by atoms with Crippen LogP contribution >= 0.6 is 0 Å². The van der Waals surface area contributed by atoms with Crippen LogP contribution in [0.5, 0.6) is 0 Å². The third-order valence-electron chi connectivity index (χ3n) is 2.23. The first-order valence-electron chi connectivity index (χ1n) is 5.26. The van der Waals surface area contributed by atoms with Gasteiger partial charge in [-0.25, -0.2) is 0 Å². The molecule has 0 radical (unpaired) electrons. The molecular weight excluding hydrogens is 186 g/mol. The van der Waals surface area contributed by atoms with Gasteiger partial charge in [-0.15, -0.1) is 0 Å². The van der Waals surface area contributed by atoms with Gasteiger partial charge in [0, 0.05) is 12.1 Å². The van der Waals surface area contributed by atoms with Crippen LogP contribution in [0.1, 0.15) is 25.8 Å². The number of carbonyl (C=O) groups excluding carboxylic acids is 1. The third-order valence-corrected chi connectivity index (χ3v) is 2.23. The zero-order chi connectivity index (χ0) is 11.1. The number of rotatable bonds is 4. The Morgan fingerprint density at radius 3 is 2.67 bits per heavy atom. The summed E-state index contributed by atoms with van der Waals surface area (Å²) < 4.78 is 0. The highest BCUT2D eigenvalue weighted by Gasteiger charge is 2.00. The number of hydrogen-bond acceptors (Lipinski definition) is 1. The van der Waals surface area contributed by atoms with Crippen LogP contribution in [0.4, 0.5) is 0 Å². The Hall–Kier alpha value is -1.57. The molecule has 1 atom stereocenters. The molecule has 15 heavy (non-hydrogen) atoms. The smallest absolute Gasteiger partial charge is 0.244 e. The molecule has 1 N–H and O–H groups in total. The van der Waals surface area contributed by atoms with Crippen LogP contribution in [-0.2, 0) is 4.79 Å². The Labute approximate surface area is 91.0 Å². The van der Waals surface area contributed by atoms with E-state index >= 15 is 0 Å². The summed E-state index contributed by atoms with van der Waals surface area (Å²) in [6.07, 6.45) is 4.34. The summed E-state index contributed by atoms with van der Waals surface area (Å²) in [6, 6.07) is 10.0. The number of carbonyl (C=O) groups is 1. The molecule has 0 fully saturated rings. The monoisotopic (exact) mass is 203 g/mol. The fraction of sp³-hybridized carbons (Fsp3) is 0.308. The fourth-order valence-electron chi connectivity index (χ4n) is 1.13. The molecule has 0 saturated heterocycles. The van der Waals surface area contributed by atoms with E-state index in [4.69, 9.17) is 0 Å². The van der Waals surface area contributed by atoms with E-state index in [-0.39, 0.29) is 11.9 Å². The van der Waals surface area contributed by atoms with Crippen molar-refractivity contribution in [3.8, 4) is 0 Å². The van der Waals surface area contributed by atoms with E-state index in [2.05, 4.69) is 5.32 Å². The van der Waals surface area contributed by atoms with Crippen molar-refractivity contribution in [2.24, 2.45) is 0 Å². The Kier molecular flexibility index (Phi) is 4.61. The number of benzene rings is 1. The Morgan fingerprint density at radius 2 is 2.07 bits per heavy atom. The van der Waals surface area contributed by atoms with Crippen LogP contribution in [0.15, 0.2) is 36.4 Å². The lowest BCUT2D eigenvalue weighted by atomic mass is 10.2. The molecule has 0 aliphatic heterocycles. The zero-order valence-electron chi connectivity index (χ0n) is 9.23. The highest BCUT2D eigenvalue weighted by atomic mass is 16.1. The first-order chi connectivity index (χ1) is 7.22. The maximum absolute atomic E-state index is 11.4. The third kappa shape index (κ3) is 4.45. The molecule has 0 aromatic heterocycles. The Balaban J connectivity index is 2.48. The predicted molar refractivity (Wildman–Crippen MR) is 63.4 cm³/mol. The van der Waals surface area contributed by atoms with Crippen LogP contribution in [0.2, 0.25) is 0 Å². The molecule has 80 valence electrons. The van der Waals surface area contributed by atoms with Crippen LogP contribution in [0.3, 0.4) is 0 Å². The van der Waals surface area contributed by atoms with Gasteiger partial charge in [0.1, 0.15) is 0 Å². The number of amides is 1. The normalized spacial score (nSPS) is 12.7. The van der Waals surface area contributed by atoms with Crippen molar-refractivity contribution in [3.63, 3.8) is 0 Å². The summed E-state index contributed by atoms with van der Waals surface area (Å²) in [5, 5.41) is 2.87. The molecule has 1 rings (SSSR count). The van der Waals surface area contributed by atoms with E-state index in [1.807, 2.05) is 50.3 Å². The van der Waals surface area contributed by atoms with Gasteiger partial charge in [-0.2, -0.15) is 0 Å². The maximum atomic E-state index is 11.4. The second kappa shape index (κ2) is 6.02. The SMILES string of the molecule is CC[C@H](C)NC(=O)/C=C/c1ccccc1. The molecule has 1 amide bonds. The Morgan fingerprint density at radius 1 is 1.40 bits per heavy atom. The van der Waals surface area contributed by atoms with E-state index in [0.29, 0.717) is 0 Å². The lowest BCUT2D eigenvalue weighted by Gasteiger charge is -2.08. The molecule has 2 heteroatoms. The van der Waals surface area contributed by atoms with E-state index in [1.165, 1.54) is 0 Å². The minimum atomic E-state index is -0.0341. The Bertz CT molecular complexity index is 330. The van der Waals surface area contributed by atoms with Crippen LogP contribution in [0, 0.1) is 0 Å². The van der Waals surface area contributed by atoms with E-state index in [1.54, 1.807) is 6.08 Å². The molecule has 0 aliphatic rings. The zero-order valence-corrected chi connectivity index (χ0v) is 9.23. The van der Waals surface area contributed by atoms with E-state index in [9.17, 15) is 4.79 Å². The van der Waals surface area contributed by atoms with Crippen molar-refractivity contribution in [2.75, 3.05) is 0 Å². The van der Waals surface area contributed by atoms with Crippen LogP contribution in [0.25, 0.3) is 6.08 Å². The topological polar surface area (TPSA) is 29.1 Å². The minimum Gasteiger partial charge on any atom is -0.350 e. The summed E-state index contributed by atoms with van der Waals surface area (Å²) in [5.41, 5.74) is 1.04. The predicted octanol–water partition coefficient (Wildman–Crippen LogP) is 2.61. The van der Waals surface area contributed by atoms with Gasteiger partial charge in [0.2, 0.25) is 5.91 Å². The lowest BCUT2D eigenvalue weighted by molar-refractivity contribution is -0.117. The van der Waals surface area contributed by atoms with Gasteiger partial charge >= 0.3 is 0 Å². The number of hydrogen-bond donors (Lipinski definition) is 1. The van der Waals surface area contributed by atoms with Crippen molar-refractivity contribution >= 4 is 12.0 Å². The highest BCUT2D eigenvalue weighted by molar-refractivity contribution is 5.91. The average Bonchev–Trinajstić information content (AvgIpc) is 2.27. The van der Waals surface area contributed by atoms with Gasteiger partial charge in [0.25, 0.3) is 0 Å². The van der Waals surface area contributed by atoms with Crippen molar-refractivity contribution in [1.29, 1.82) is 0 Å². The molecule has 1 aromatic rings. The van der Waals surface area contributed by atoms with Gasteiger partial charge < -0.3 is 5.32 Å². The molecular formula is C13H17NO. The van der Waals surface area contributed by atoms with Crippen LogP contribution in [-0.4, -0.2) is 11.9 Å². The average molecular weight is 203 g/mol. The quantitative estimate of drug-likeness (QED) is 0.749. The first kappa shape index (κ1) is 11.5. The standard InChI is InChI=1S/C13H17NO/c1-3-11(2)14-13(15)10-9-12-7-5-4-6-8-12/h4-11H,3H2,1-2H3,(H,14,15)/b10-9+/t11-/m0/s1. The largest absolute Gasteiger partial charge is 0.350 e. The van der Waals surface area contributed by atoms with Gasteiger partial charge in [-0.05, 0) is 25.0 Å².